The van der Waals surface area contributed by atoms with E-state index in [-0.39, 0.29) is 24.0 Å². The first-order valence-electron chi connectivity index (χ1n) is 11.7. The summed E-state index contributed by atoms with van der Waals surface area (Å²) in [7, 11) is 0. The molecule has 0 atom stereocenters. The standard InChI is InChI=1S/C24H42N4O2.HI/c1-4-25-24(26-12-7-13-28-14-10-21(3)11-15-28)27-19-22-8-6-9-23(18-22)20-30-17-16-29-5-2;/h6,8-9,18,21H,4-5,7,10-17,19-20H2,1-3H3,(H2,25,26,27);1H. The maximum absolute atomic E-state index is 5.67. The van der Waals surface area contributed by atoms with Gasteiger partial charge >= 0.3 is 0 Å². The van der Waals surface area contributed by atoms with E-state index in [4.69, 9.17) is 14.5 Å². The third-order valence-electron chi connectivity index (χ3n) is 5.42. The van der Waals surface area contributed by atoms with Crippen molar-refractivity contribution in [2.75, 3.05) is 52.5 Å². The second-order valence-corrected chi connectivity index (χ2v) is 8.07. The molecule has 1 fully saturated rings. The Bertz CT molecular complexity index is 607. The predicted octanol–water partition coefficient (Wildman–Crippen LogP) is 4.03. The number of guanidine groups is 1. The van der Waals surface area contributed by atoms with E-state index in [1.807, 2.05) is 6.92 Å². The second kappa shape index (κ2) is 17.6. The van der Waals surface area contributed by atoms with Gasteiger partial charge in [-0.05, 0) is 69.8 Å². The molecular formula is C24H43IN4O2. The van der Waals surface area contributed by atoms with Gasteiger partial charge in [-0.15, -0.1) is 24.0 Å². The molecule has 1 aliphatic heterocycles. The first-order chi connectivity index (χ1) is 14.7. The monoisotopic (exact) mass is 546 g/mol. The smallest absolute Gasteiger partial charge is 0.191 e. The largest absolute Gasteiger partial charge is 0.379 e. The molecule has 0 amide bonds. The molecule has 31 heavy (non-hydrogen) atoms. The topological polar surface area (TPSA) is 58.1 Å². The number of piperidine rings is 1. The van der Waals surface area contributed by atoms with Crippen LogP contribution >= 0.6 is 24.0 Å². The number of aliphatic imine (C=N–C) groups is 1. The van der Waals surface area contributed by atoms with Crippen molar-refractivity contribution in [3.05, 3.63) is 35.4 Å². The van der Waals surface area contributed by atoms with E-state index in [9.17, 15) is 0 Å². The van der Waals surface area contributed by atoms with Crippen LogP contribution in [-0.2, 0) is 22.6 Å². The minimum absolute atomic E-state index is 0. The fourth-order valence-electron chi connectivity index (χ4n) is 3.58. The molecule has 1 heterocycles. The number of halogens is 1. The number of nitrogens with zero attached hydrogens (tertiary/aromatic N) is 2. The van der Waals surface area contributed by atoms with Crippen LogP contribution in [0.15, 0.2) is 29.3 Å². The average Bonchev–Trinajstić information content (AvgIpc) is 2.76. The van der Waals surface area contributed by atoms with Gasteiger partial charge in [0.1, 0.15) is 0 Å². The molecule has 0 saturated carbocycles. The summed E-state index contributed by atoms with van der Waals surface area (Å²) in [6.07, 6.45) is 3.83. The highest BCUT2D eigenvalue weighted by atomic mass is 127. The van der Waals surface area contributed by atoms with Crippen molar-refractivity contribution in [3.8, 4) is 0 Å². The SMILES string of the molecule is CCNC(=NCc1cccc(COCCOCC)c1)NCCCN1CCC(C)CC1.I. The molecule has 178 valence electrons. The molecule has 2 rings (SSSR count). The lowest BCUT2D eigenvalue weighted by molar-refractivity contribution is 0.0453. The Kier molecular flexibility index (Phi) is 16.0. The molecule has 1 aromatic carbocycles. The zero-order valence-electron chi connectivity index (χ0n) is 19.7. The number of nitrogens with one attached hydrogen (secondary N) is 2. The van der Waals surface area contributed by atoms with Crippen molar-refractivity contribution < 1.29 is 9.47 Å². The van der Waals surface area contributed by atoms with E-state index in [1.54, 1.807) is 0 Å². The fraction of sp³-hybridized carbons (Fsp3) is 0.708. The summed E-state index contributed by atoms with van der Waals surface area (Å²) < 4.78 is 11.0. The lowest BCUT2D eigenvalue weighted by Crippen LogP contribution is -2.39. The van der Waals surface area contributed by atoms with Crippen LogP contribution in [-0.4, -0.2) is 63.4 Å². The van der Waals surface area contributed by atoms with E-state index in [0.29, 0.717) is 26.4 Å². The van der Waals surface area contributed by atoms with Crippen molar-refractivity contribution in [3.63, 3.8) is 0 Å². The van der Waals surface area contributed by atoms with E-state index in [2.05, 4.69) is 53.6 Å². The van der Waals surface area contributed by atoms with E-state index in [0.717, 1.165) is 38.0 Å². The summed E-state index contributed by atoms with van der Waals surface area (Å²) in [5.41, 5.74) is 2.37. The summed E-state index contributed by atoms with van der Waals surface area (Å²) in [6.45, 7) is 15.2. The average molecular weight is 547 g/mol. The Hall–Kier alpha value is -0.900. The Balaban J connectivity index is 0.00000480. The van der Waals surface area contributed by atoms with E-state index < -0.39 is 0 Å². The second-order valence-electron chi connectivity index (χ2n) is 8.07. The zero-order chi connectivity index (χ0) is 21.4. The van der Waals surface area contributed by atoms with Gasteiger partial charge in [0.15, 0.2) is 5.96 Å². The van der Waals surface area contributed by atoms with Crippen LogP contribution in [0.25, 0.3) is 0 Å². The normalized spacial score (nSPS) is 15.5. The summed E-state index contributed by atoms with van der Waals surface area (Å²) >= 11 is 0. The third kappa shape index (κ3) is 12.7. The molecule has 2 N–H and O–H groups in total. The number of rotatable bonds is 13. The molecule has 1 aliphatic rings. The van der Waals surface area contributed by atoms with Crippen LogP contribution in [0, 0.1) is 5.92 Å². The van der Waals surface area contributed by atoms with Gasteiger partial charge in [-0.25, -0.2) is 4.99 Å². The van der Waals surface area contributed by atoms with Crippen LogP contribution in [0.1, 0.15) is 51.2 Å². The molecule has 6 nitrogen and oxygen atoms in total. The molecule has 0 aliphatic carbocycles. The van der Waals surface area contributed by atoms with Gasteiger partial charge in [-0.1, -0.05) is 31.2 Å². The van der Waals surface area contributed by atoms with Crippen LogP contribution in [0.3, 0.4) is 0 Å². The Labute approximate surface area is 206 Å². The van der Waals surface area contributed by atoms with Crippen LogP contribution in [0.2, 0.25) is 0 Å². The maximum Gasteiger partial charge on any atom is 0.191 e. The van der Waals surface area contributed by atoms with Gasteiger partial charge in [-0.2, -0.15) is 0 Å². The molecule has 1 saturated heterocycles. The lowest BCUT2D eigenvalue weighted by Gasteiger charge is -2.30. The zero-order valence-corrected chi connectivity index (χ0v) is 22.0. The highest BCUT2D eigenvalue weighted by Crippen LogP contribution is 2.15. The predicted molar refractivity (Wildman–Crippen MR) is 140 cm³/mol. The molecule has 0 aromatic heterocycles. The van der Waals surface area contributed by atoms with E-state index in [1.165, 1.54) is 43.6 Å². The molecule has 0 unspecified atom stereocenters. The number of hydrogen-bond donors (Lipinski definition) is 2. The third-order valence-corrected chi connectivity index (χ3v) is 5.42. The highest BCUT2D eigenvalue weighted by Gasteiger charge is 2.14. The van der Waals surface area contributed by atoms with Crippen molar-refractivity contribution in [1.29, 1.82) is 0 Å². The minimum Gasteiger partial charge on any atom is -0.379 e. The summed E-state index contributed by atoms with van der Waals surface area (Å²) in [5, 5.41) is 6.83. The molecule has 7 heteroatoms. The molecule has 0 spiro atoms. The summed E-state index contributed by atoms with van der Waals surface area (Å²) in [4.78, 5) is 7.35. The fourth-order valence-corrected chi connectivity index (χ4v) is 3.58. The number of benzene rings is 1. The van der Waals surface area contributed by atoms with Crippen molar-refractivity contribution in [2.24, 2.45) is 10.9 Å². The van der Waals surface area contributed by atoms with Crippen LogP contribution < -0.4 is 10.6 Å². The van der Waals surface area contributed by atoms with Crippen molar-refractivity contribution >= 4 is 29.9 Å². The number of hydrogen-bond acceptors (Lipinski definition) is 4. The van der Waals surface area contributed by atoms with Crippen molar-refractivity contribution in [2.45, 2.75) is 53.2 Å². The van der Waals surface area contributed by atoms with E-state index >= 15 is 0 Å². The van der Waals surface area contributed by atoms with Crippen LogP contribution in [0.4, 0.5) is 0 Å². The van der Waals surface area contributed by atoms with Crippen molar-refractivity contribution in [1.82, 2.24) is 15.5 Å². The van der Waals surface area contributed by atoms with Gasteiger partial charge in [0.05, 0.1) is 26.4 Å². The Morgan fingerprint density at radius 3 is 2.58 bits per heavy atom. The molecular weight excluding hydrogens is 503 g/mol. The van der Waals surface area contributed by atoms with Gasteiger partial charge in [0.2, 0.25) is 0 Å². The Morgan fingerprint density at radius 2 is 1.84 bits per heavy atom. The van der Waals surface area contributed by atoms with Gasteiger partial charge in [0, 0.05) is 19.7 Å². The summed E-state index contributed by atoms with van der Waals surface area (Å²) in [5.74, 6) is 1.79. The number of ether oxygens (including phenoxy) is 2. The first kappa shape index (κ1) is 28.1. The molecule has 1 aromatic rings. The lowest BCUT2D eigenvalue weighted by atomic mass is 9.99. The summed E-state index contributed by atoms with van der Waals surface area (Å²) in [6, 6.07) is 8.46. The quantitative estimate of drug-likeness (QED) is 0.169. The minimum atomic E-state index is 0. The van der Waals surface area contributed by atoms with Gasteiger partial charge < -0.3 is 25.0 Å². The molecule has 0 bridgehead atoms. The highest BCUT2D eigenvalue weighted by molar-refractivity contribution is 14.0. The van der Waals surface area contributed by atoms with Crippen LogP contribution in [0.5, 0.6) is 0 Å². The first-order valence-corrected chi connectivity index (χ1v) is 11.7. The van der Waals surface area contributed by atoms with Gasteiger partial charge in [-0.3, -0.25) is 0 Å². The maximum atomic E-state index is 5.67. The van der Waals surface area contributed by atoms with Gasteiger partial charge in [0.25, 0.3) is 0 Å². The number of likely N-dealkylation sites (tertiary alicyclic amines) is 1. The molecule has 0 radical (unpaired) electrons. The Morgan fingerprint density at radius 1 is 1.10 bits per heavy atom.